The normalized spacial score (nSPS) is 14.9. The maximum atomic E-state index is 10.6. The van der Waals surface area contributed by atoms with Crippen LogP contribution in [0.2, 0.25) is 0 Å². The zero-order valence-electron chi connectivity index (χ0n) is 7.49. The zero-order valence-corrected chi connectivity index (χ0v) is 9.08. The van der Waals surface area contributed by atoms with Crippen LogP contribution in [0.4, 0.5) is 5.69 Å². The fourth-order valence-electron chi connectivity index (χ4n) is 1.72. The standard InChI is InChI=1S/C9H9BrN2O2/c10-9-8(12(13)14)5-6-3-1-2-4-7(6)11-9/h5H,1-4H2. The Balaban J connectivity index is 2.50. The number of hydrogen-bond acceptors (Lipinski definition) is 3. The highest BCUT2D eigenvalue weighted by molar-refractivity contribution is 9.10. The zero-order chi connectivity index (χ0) is 10.1. The van der Waals surface area contributed by atoms with Crippen molar-refractivity contribution in [1.82, 2.24) is 4.98 Å². The van der Waals surface area contributed by atoms with Gasteiger partial charge >= 0.3 is 5.69 Å². The lowest BCUT2D eigenvalue weighted by atomic mass is 9.96. The molecule has 0 unspecified atom stereocenters. The molecule has 0 N–H and O–H groups in total. The van der Waals surface area contributed by atoms with Crippen LogP contribution in [0.1, 0.15) is 24.1 Å². The Kier molecular flexibility index (Phi) is 2.50. The van der Waals surface area contributed by atoms with Crippen molar-refractivity contribution in [3.05, 3.63) is 32.0 Å². The molecular weight excluding hydrogens is 248 g/mol. The second-order valence-corrected chi connectivity index (χ2v) is 4.12. The topological polar surface area (TPSA) is 56.0 Å². The van der Waals surface area contributed by atoms with Gasteiger partial charge in [-0.3, -0.25) is 10.1 Å². The highest BCUT2D eigenvalue weighted by atomic mass is 79.9. The molecule has 5 heteroatoms. The van der Waals surface area contributed by atoms with Gasteiger partial charge in [0.2, 0.25) is 0 Å². The predicted molar refractivity (Wildman–Crippen MR) is 55.2 cm³/mol. The summed E-state index contributed by atoms with van der Waals surface area (Å²) in [7, 11) is 0. The van der Waals surface area contributed by atoms with Crippen LogP contribution >= 0.6 is 15.9 Å². The number of aryl methyl sites for hydroxylation is 2. The number of halogens is 1. The van der Waals surface area contributed by atoms with Gasteiger partial charge in [-0.15, -0.1) is 0 Å². The first kappa shape index (κ1) is 9.58. The van der Waals surface area contributed by atoms with Gasteiger partial charge in [0.25, 0.3) is 0 Å². The lowest BCUT2D eigenvalue weighted by Gasteiger charge is -2.14. The summed E-state index contributed by atoms with van der Waals surface area (Å²) < 4.78 is 0.350. The van der Waals surface area contributed by atoms with Crippen LogP contribution in [0.25, 0.3) is 0 Å². The smallest absolute Gasteiger partial charge is 0.258 e. The van der Waals surface area contributed by atoms with Crippen molar-refractivity contribution in [3.8, 4) is 0 Å². The van der Waals surface area contributed by atoms with Crippen LogP contribution in [-0.4, -0.2) is 9.91 Å². The van der Waals surface area contributed by atoms with Gasteiger partial charge in [0.1, 0.15) is 0 Å². The van der Waals surface area contributed by atoms with Crippen LogP contribution in [0.5, 0.6) is 0 Å². The van der Waals surface area contributed by atoms with E-state index in [4.69, 9.17) is 0 Å². The number of nitrogens with zero attached hydrogens (tertiary/aromatic N) is 2. The van der Waals surface area contributed by atoms with Gasteiger partial charge in [-0.25, -0.2) is 4.98 Å². The molecule has 2 rings (SSSR count). The number of hydrogen-bond donors (Lipinski definition) is 0. The average molecular weight is 257 g/mol. The number of fused-ring (bicyclic) bond motifs is 1. The van der Waals surface area contributed by atoms with Crippen LogP contribution < -0.4 is 0 Å². The molecule has 14 heavy (non-hydrogen) atoms. The molecule has 1 aliphatic carbocycles. The van der Waals surface area contributed by atoms with Crippen LogP contribution in [0, 0.1) is 10.1 Å². The first-order valence-electron chi connectivity index (χ1n) is 4.51. The molecule has 0 aromatic carbocycles. The van der Waals surface area contributed by atoms with Gasteiger partial charge in [-0.2, -0.15) is 0 Å². The van der Waals surface area contributed by atoms with Crippen molar-refractivity contribution >= 4 is 21.6 Å². The number of pyridine rings is 1. The van der Waals surface area contributed by atoms with Gasteiger partial charge in [0, 0.05) is 11.8 Å². The van der Waals surface area contributed by atoms with Crippen LogP contribution in [0.3, 0.4) is 0 Å². The Hall–Kier alpha value is -0.970. The second kappa shape index (κ2) is 3.65. The molecule has 0 atom stereocenters. The Morgan fingerprint density at radius 3 is 2.86 bits per heavy atom. The molecule has 0 fully saturated rings. The minimum atomic E-state index is -0.397. The van der Waals surface area contributed by atoms with Crippen LogP contribution in [0.15, 0.2) is 10.7 Å². The molecule has 1 aromatic rings. The first-order valence-corrected chi connectivity index (χ1v) is 5.30. The van der Waals surface area contributed by atoms with Crippen molar-refractivity contribution in [2.75, 3.05) is 0 Å². The molecule has 1 heterocycles. The third-order valence-corrected chi connectivity index (χ3v) is 3.02. The van der Waals surface area contributed by atoms with Crippen molar-refractivity contribution < 1.29 is 4.92 Å². The van der Waals surface area contributed by atoms with Gasteiger partial charge < -0.3 is 0 Å². The van der Waals surface area contributed by atoms with Gasteiger partial charge in [-0.1, -0.05) is 0 Å². The predicted octanol–water partition coefficient (Wildman–Crippen LogP) is 2.63. The first-order chi connectivity index (χ1) is 6.68. The highest BCUT2D eigenvalue weighted by Crippen LogP contribution is 2.29. The minimum absolute atomic E-state index is 0.0747. The summed E-state index contributed by atoms with van der Waals surface area (Å²) in [6.45, 7) is 0. The van der Waals surface area contributed by atoms with Crippen molar-refractivity contribution in [2.24, 2.45) is 0 Å². The van der Waals surface area contributed by atoms with E-state index in [1.165, 1.54) is 0 Å². The van der Waals surface area contributed by atoms with E-state index in [0.29, 0.717) is 4.60 Å². The summed E-state index contributed by atoms with van der Waals surface area (Å²) >= 11 is 3.12. The van der Waals surface area contributed by atoms with Gasteiger partial charge in [-0.05, 0) is 47.2 Å². The van der Waals surface area contributed by atoms with Gasteiger partial charge in [0.05, 0.1) is 4.92 Å². The van der Waals surface area contributed by atoms with Crippen molar-refractivity contribution in [1.29, 1.82) is 0 Å². The third kappa shape index (κ3) is 1.64. The molecule has 0 amide bonds. The Bertz CT molecular complexity index is 393. The molecule has 74 valence electrons. The van der Waals surface area contributed by atoms with E-state index in [0.717, 1.165) is 36.9 Å². The van der Waals surface area contributed by atoms with E-state index < -0.39 is 4.92 Å². The van der Waals surface area contributed by atoms with Gasteiger partial charge in [0.15, 0.2) is 4.60 Å². The van der Waals surface area contributed by atoms with E-state index in [9.17, 15) is 10.1 Å². The summed E-state index contributed by atoms with van der Waals surface area (Å²) in [4.78, 5) is 14.5. The van der Waals surface area contributed by atoms with Crippen LogP contribution in [-0.2, 0) is 12.8 Å². The maximum Gasteiger partial charge on any atom is 0.302 e. The fourth-order valence-corrected chi connectivity index (χ4v) is 2.20. The summed E-state index contributed by atoms with van der Waals surface area (Å²) in [6.07, 6.45) is 4.08. The fraction of sp³-hybridized carbons (Fsp3) is 0.444. The quantitative estimate of drug-likeness (QED) is 0.441. The Morgan fingerprint density at radius 1 is 1.43 bits per heavy atom. The van der Waals surface area contributed by atoms with E-state index in [1.54, 1.807) is 6.07 Å². The lowest BCUT2D eigenvalue weighted by molar-refractivity contribution is -0.386. The summed E-state index contributed by atoms with van der Waals surface area (Å²) in [5, 5.41) is 10.6. The number of rotatable bonds is 1. The Morgan fingerprint density at radius 2 is 2.14 bits per heavy atom. The molecule has 4 nitrogen and oxygen atoms in total. The molecule has 0 saturated heterocycles. The van der Waals surface area contributed by atoms with E-state index >= 15 is 0 Å². The molecule has 0 radical (unpaired) electrons. The minimum Gasteiger partial charge on any atom is -0.258 e. The number of aromatic nitrogens is 1. The third-order valence-electron chi connectivity index (χ3n) is 2.43. The largest absolute Gasteiger partial charge is 0.302 e. The molecular formula is C9H9BrN2O2. The monoisotopic (exact) mass is 256 g/mol. The van der Waals surface area contributed by atoms with E-state index in [-0.39, 0.29) is 5.69 Å². The molecule has 0 saturated carbocycles. The second-order valence-electron chi connectivity index (χ2n) is 3.37. The molecule has 1 aromatic heterocycles. The average Bonchev–Trinajstić information content (AvgIpc) is 2.16. The molecule has 0 aliphatic heterocycles. The molecule has 0 bridgehead atoms. The molecule has 1 aliphatic rings. The highest BCUT2D eigenvalue weighted by Gasteiger charge is 2.19. The summed E-state index contributed by atoms with van der Waals surface area (Å²) in [5.74, 6) is 0. The molecule has 0 spiro atoms. The SMILES string of the molecule is O=[N+]([O-])c1cc2c(nc1Br)CCCC2. The summed E-state index contributed by atoms with van der Waals surface area (Å²) in [6, 6.07) is 1.64. The van der Waals surface area contributed by atoms with Crippen molar-refractivity contribution in [2.45, 2.75) is 25.7 Å². The summed E-state index contributed by atoms with van der Waals surface area (Å²) in [5.41, 5.74) is 2.12. The van der Waals surface area contributed by atoms with Crippen molar-refractivity contribution in [3.63, 3.8) is 0 Å². The lowest BCUT2D eigenvalue weighted by Crippen LogP contribution is -2.07. The number of nitro groups is 1. The van der Waals surface area contributed by atoms with E-state index in [2.05, 4.69) is 20.9 Å². The van der Waals surface area contributed by atoms with E-state index in [1.807, 2.05) is 0 Å². The maximum absolute atomic E-state index is 10.6. The Labute approximate surface area is 89.6 Å².